The van der Waals surface area contributed by atoms with Crippen LogP contribution in [0.1, 0.15) is 15.9 Å². The number of amides is 2. The average Bonchev–Trinajstić information content (AvgIpc) is 2.68. The van der Waals surface area contributed by atoms with Gasteiger partial charge < -0.3 is 10.6 Å². The Bertz CT molecular complexity index is 928. The second-order valence-corrected chi connectivity index (χ2v) is 6.95. The van der Waals surface area contributed by atoms with Crippen LogP contribution in [0.25, 0.3) is 0 Å². The first-order valence-corrected chi connectivity index (χ1v) is 9.40. The Balaban J connectivity index is 1.51. The van der Waals surface area contributed by atoms with Crippen molar-refractivity contribution in [2.45, 2.75) is 11.8 Å². The maximum absolute atomic E-state index is 12.3. The summed E-state index contributed by atoms with van der Waals surface area (Å²) in [5.74, 6) is 0.563. The van der Waals surface area contributed by atoms with E-state index in [9.17, 15) is 9.59 Å². The van der Waals surface area contributed by atoms with Crippen LogP contribution in [-0.2, 0) is 4.79 Å². The molecule has 0 atom stereocenters. The molecule has 2 N–H and O–H groups in total. The van der Waals surface area contributed by atoms with Gasteiger partial charge >= 0.3 is 0 Å². The van der Waals surface area contributed by atoms with Crippen LogP contribution in [0.5, 0.6) is 0 Å². The molecule has 0 aliphatic carbocycles. The third kappa shape index (κ3) is 5.69. The number of anilines is 2. The molecule has 2 amide bonds. The third-order valence-corrected chi connectivity index (χ3v) is 4.71. The lowest BCUT2D eigenvalue weighted by atomic mass is 10.1. The van der Waals surface area contributed by atoms with Crippen LogP contribution in [0.15, 0.2) is 77.8 Å². The molecule has 0 spiro atoms. The Labute approximate surface area is 162 Å². The molecule has 0 saturated carbocycles. The summed E-state index contributed by atoms with van der Waals surface area (Å²) < 4.78 is 0. The molecule has 2 aromatic carbocycles. The van der Waals surface area contributed by atoms with Crippen molar-refractivity contribution in [3.63, 3.8) is 0 Å². The van der Waals surface area contributed by atoms with E-state index in [-0.39, 0.29) is 17.6 Å². The topological polar surface area (TPSA) is 71.1 Å². The van der Waals surface area contributed by atoms with Crippen molar-refractivity contribution in [3.8, 4) is 0 Å². The lowest BCUT2D eigenvalue weighted by Crippen LogP contribution is -2.14. The molecule has 27 heavy (non-hydrogen) atoms. The van der Waals surface area contributed by atoms with E-state index in [4.69, 9.17) is 0 Å². The Morgan fingerprint density at radius 3 is 2.48 bits per heavy atom. The van der Waals surface area contributed by atoms with Gasteiger partial charge in [0.05, 0.1) is 5.75 Å². The predicted octanol–water partition coefficient (Wildman–Crippen LogP) is 4.37. The molecule has 0 unspecified atom stereocenters. The quantitative estimate of drug-likeness (QED) is 0.626. The number of carbonyl (C=O) groups is 2. The Morgan fingerprint density at radius 2 is 1.78 bits per heavy atom. The zero-order valence-corrected chi connectivity index (χ0v) is 15.6. The Morgan fingerprint density at radius 1 is 0.963 bits per heavy atom. The maximum Gasteiger partial charge on any atom is 0.255 e. The van der Waals surface area contributed by atoms with Crippen LogP contribution < -0.4 is 10.6 Å². The number of benzene rings is 2. The maximum atomic E-state index is 12.3. The summed E-state index contributed by atoms with van der Waals surface area (Å²) in [6, 6.07) is 20.2. The molecule has 3 rings (SSSR count). The number of aryl methyl sites for hydroxylation is 1. The summed E-state index contributed by atoms with van der Waals surface area (Å²) in [7, 11) is 0. The summed E-state index contributed by atoms with van der Waals surface area (Å²) in [4.78, 5) is 29.2. The van der Waals surface area contributed by atoms with E-state index in [0.29, 0.717) is 17.1 Å². The lowest BCUT2D eigenvalue weighted by Gasteiger charge is -2.07. The van der Waals surface area contributed by atoms with Crippen LogP contribution in [0.4, 0.5) is 11.5 Å². The smallest absolute Gasteiger partial charge is 0.255 e. The second-order valence-electron chi connectivity index (χ2n) is 5.90. The van der Waals surface area contributed by atoms with Crippen LogP contribution >= 0.6 is 11.8 Å². The van der Waals surface area contributed by atoms with E-state index in [1.165, 1.54) is 11.8 Å². The van der Waals surface area contributed by atoms with E-state index < -0.39 is 0 Å². The van der Waals surface area contributed by atoms with Crippen molar-refractivity contribution < 1.29 is 9.59 Å². The summed E-state index contributed by atoms with van der Waals surface area (Å²) in [5, 5.41) is 5.62. The lowest BCUT2D eigenvalue weighted by molar-refractivity contribution is -0.113. The Kier molecular flexibility index (Phi) is 6.22. The van der Waals surface area contributed by atoms with Crippen LogP contribution in [0.2, 0.25) is 0 Å². The van der Waals surface area contributed by atoms with Gasteiger partial charge in [0.1, 0.15) is 5.82 Å². The van der Waals surface area contributed by atoms with Crippen molar-refractivity contribution in [1.29, 1.82) is 0 Å². The third-order valence-electron chi connectivity index (χ3n) is 3.69. The molecule has 136 valence electrons. The van der Waals surface area contributed by atoms with Crippen molar-refractivity contribution in [2.75, 3.05) is 16.4 Å². The summed E-state index contributed by atoms with van der Waals surface area (Å²) in [5.41, 5.74) is 2.38. The van der Waals surface area contributed by atoms with Gasteiger partial charge in [0.25, 0.3) is 5.91 Å². The van der Waals surface area contributed by atoms with Crippen LogP contribution in [-0.4, -0.2) is 22.6 Å². The first-order chi connectivity index (χ1) is 13.1. The zero-order valence-electron chi connectivity index (χ0n) is 14.8. The summed E-state index contributed by atoms with van der Waals surface area (Å²) >= 11 is 1.42. The molecule has 0 aliphatic rings. The number of rotatable bonds is 6. The first-order valence-electron chi connectivity index (χ1n) is 8.42. The Hall–Kier alpha value is -3.12. The highest BCUT2D eigenvalue weighted by Crippen LogP contribution is 2.21. The fourth-order valence-electron chi connectivity index (χ4n) is 2.39. The highest BCUT2D eigenvalue weighted by atomic mass is 32.2. The summed E-state index contributed by atoms with van der Waals surface area (Å²) in [6.45, 7) is 1.95. The number of hydrogen-bond donors (Lipinski definition) is 2. The molecule has 3 aromatic rings. The largest absolute Gasteiger partial charge is 0.322 e. The van der Waals surface area contributed by atoms with Crippen molar-refractivity contribution >= 4 is 35.1 Å². The van der Waals surface area contributed by atoms with Gasteiger partial charge in [-0.3, -0.25) is 9.59 Å². The summed E-state index contributed by atoms with van der Waals surface area (Å²) in [6.07, 6.45) is 1.63. The second kappa shape index (κ2) is 9.00. The average molecular weight is 377 g/mol. The first kappa shape index (κ1) is 18.7. The molecule has 0 bridgehead atoms. The van der Waals surface area contributed by atoms with E-state index in [2.05, 4.69) is 15.6 Å². The van der Waals surface area contributed by atoms with E-state index in [1.54, 1.807) is 24.4 Å². The van der Waals surface area contributed by atoms with E-state index in [0.717, 1.165) is 10.5 Å². The number of hydrogen-bond acceptors (Lipinski definition) is 4. The molecular formula is C21H19N3O2S. The minimum atomic E-state index is -0.145. The molecule has 0 saturated heterocycles. The zero-order chi connectivity index (χ0) is 19.1. The number of pyridine rings is 1. The van der Waals surface area contributed by atoms with Gasteiger partial charge in [-0.25, -0.2) is 4.98 Å². The van der Waals surface area contributed by atoms with Gasteiger partial charge in [0.15, 0.2) is 0 Å². The number of thioether (sulfide) groups is 1. The number of carbonyl (C=O) groups excluding carboxylic acids is 2. The normalized spacial score (nSPS) is 10.3. The van der Waals surface area contributed by atoms with E-state index in [1.807, 2.05) is 55.5 Å². The standard InChI is InChI=1S/C21H19N3O2S/c1-15-5-4-6-16(13-15)21(26)23-17-8-10-18(11-9-17)27-14-20(25)24-19-7-2-3-12-22-19/h2-13H,14H2,1H3,(H,23,26)(H,22,24,25). The molecule has 5 nitrogen and oxygen atoms in total. The minimum Gasteiger partial charge on any atom is -0.322 e. The highest BCUT2D eigenvalue weighted by molar-refractivity contribution is 8.00. The predicted molar refractivity (Wildman–Crippen MR) is 109 cm³/mol. The fraction of sp³-hybridized carbons (Fsp3) is 0.0952. The van der Waals surface area contributed by atoms with Gasteiger partial charge in [0, 0.05) is 22.3 Å². The van der Waals surface area contributed by atoms with Crippen LogP contribution in [0.3, 0.4) is 0 Å². The molecular weight excluding hydrogens is 358 g/mol. The SMILES string of the molecule is Cc1cccc(C(=O)Nc2ccc(SCC(=O)Nc3ccccn3)cc2)c1. The number of nitrogens with one attached hydrogen (secondary N) is 2. The fourth-order valence-corrected chi connectivity index (χ4v) is 3.09. The molecule has 0 aliphatic heterocycles. The van der Waals surface area contributed by atoms with Gasteiger partial charge in [-0.05, 0) is 55.5 Å². The minimum absolute atomic E-state index is 0.115. The molecule has 6 heteroatoms. The monoisotopic (exact) mass is 377 g/mol. The molecule has 1 aromatic heterocycles. The van der Waals surface area contributed by atoms with Gasteiger partial charge in [-0.15, -0.1) is 11.8 Å². The van der Waals surface area contributed by atoms with Crippen LogP contribution in [0, 0.1) is 6.92 Å². The molecule has 1 heterocycles. The highest BCUT2D eigenvalue weighted by Gasteiger charge is 2.07. The van der Waals surface area contributed by atoms with Crippen molar-refractivity contribution in [1.82, 2.24) is 4.98 Å². The number of aromatic nitrogens is 1. The van der Waals surface area contributed by atoms with Gasteiger partial charge in [-0.2, -0.15) is 0 Å². The van der Waals surface area contributed by atoms with E-state index >= 15 is 0 Å². The van der Waals surface area contributed by atoms with Gasteiger partial charge in [-0.1, -0.05) is 23.8 Å². The van der Waals surface area contributed by atoms with Gasteiger partial charge in [0.2, 0.25) is 5.91 Å². The van der Waals surface area contributed by atoms with Crippen molar-refractivity contribution in [2.24, 2.45) is 0 Å². The number of nitrogens with zero attached hydrogens (tertiary/aromatic N) is 1. The molecule has 0 radical (unpaired) electrons. The van der Waals surface area contributed by atoms with Crippen molar-refractivity contribution in [3.05, 3.63) is 84.1 Å². The molecule has 0 fully saturated rings.